The van der Waals surface area contributed by atoms with Crippen LogP contribution in [0.15, 0.2) is 24.3 Å². The number of fused-ring (bicyclic) bond motifs is 1. The average Bonchev–Trinajstić information content (AvgIpc) is 3.12. The minimum atomic E-state index is -0.542. The van der Waals surface area contributed by atoms with Crippen molar-refractivity contribution in [2.75, 3.05) is 12.4 Å². The minimum Gasteiger partial charge on any atom is -0.465 e. The number of rotatable bonds is 3. The summed E-state index contributed by atoms with van der Waals surface area (Å²) in [5, 5.41) is 13.5. The van der Waals surface area contributed by atoms with Gasteiger partial charge in [0.1, 0.15) is 20.8 Å². The van der Waals surface area contributed by atoms with Crippen LogP contribution < -0.4 is 5.32 Å². The molecule has 3 rings (SSSR count). The highest BCUT2D eigenvalue weighted by atomic mass is 35.5. The van der Waals surface area contributed by atoms with Crippen LogP contribution in [0.5, 0.6) is 0 Å². The quantitative estimate of drug-likeness (QED) is 0.649. The maximum absolute atomic E-state index is 12.6. The van der Waals surface area contributed by atoms with Crippen molar-refractivity contribution in [1.29, 1.82) is 5.26 Å². The van der Waals surface area contributed by atoms with Crippen LogP contribution in [0.3, 0.4) is 0 Å². The SMILES string of the molecule is COC(=O)c1sc(NC(=O)c2sc3ccccc3c2Cl)c(C#N)c1C. The third-order valence-corrected chi connectivity index (χ3v) is 6.46. The number of ether oxygens (including phenoxy) is 1. The lowest BCUT2D eigenvalue weighted by molar-refractivity contribution is 0.0605. The molecule has 0 atom stereocenters. The number of anilines is 1. The molecule has 1 N–H and O–H groups in total. The number of thiophene rings is 2. The van der Waals surface area contributed by atoms with Crippen LogP contribution in [0, 0.1) is 18.3 Å². The lowest BCUT2D eigenvalue weighted by atomic mass is 10.2. The Morgan fingerprint density at radius 1 is 1.24 bits per heavy atom. The number of benzene rings is 1. The molecule has 2 aromatic heterocycles. The zero-order chi connectivity index (χ0) is 18.1. The molecule has 0 saturated heterocycles. The molecule has 0 unspecified atom stereocenters. The second-order valence-electron chi connectivity index (χ2n) is 5.06. The fourth-order valence-corrected chi connectivity index (χ4v) is 4.83. The lowest BCUT2D eigenvalue weighted by Crippen LogP contribution is -2.10. The number of nitrogens with zero attached hydrogens (tertiary/aromatic N) is 1. The van der Waals surface area contributed by atoms with Crippen molar-refractivity contribution in [3.05, 3.63) is 50.2 Å². The predicted octanol–water partition coefficient (Wildman–Crippen LogP) is 4.84. The van der Waals surface area contributed by atoms with E-state index in [0.717, 1.165) is 21.4 Å². The first-order chi connectivity index (χ1) is 12.0. The monoisotopic (exact) mass is 390 g/mol. The third kappa shape index (κ3) is 3.00. The Bertz CT molecular complexity index is 1050. The standard InChI is InChI=1S/C17H11ClN2O3S2/c1-8-10(7-19)16(25-13(8)17(22)23-2)20-15(21)14-12(18)9-5-3-4-6-11(9)24-14/h3-6H,1-2H3,(H,20,21). The van der Waals surface area contributed by atoms with Gasteiger partial charge < -0.3 is 10.1 Å². The van der Waals surface area contributed by atoms with Crippen LogP contribution in [0.25, 0.3) is 10.1 Å². The minimum absolute atomic E-state index is 0.246. The number of amides is 1. The molecule has 25 heavy (non-hydrogen) atoms. The number of hydrogen-bond donors (Lipinski definition) is 1. The molecule has 0 aliphatic heterocycles. The molecule has 5 nitrogen and oxygen atoms in total. The van der Waals surface area contributed by atoms with Gasteiger partial charge in [-0.1, -0.05) is 29.8 Å². The molecule has 3 aromatic rings. The molecule has 1 aromatic carbocycles. The molecule has 0 saturated carbocycles. The molecule has 0 aliphatic rings. The number of carbonyl (C=O) groups excluding carboxylic acids is 2. The number of methoxy groups -OCH3 is 1. The van der Waals surface area contributed by atoms with Crippen LogP contribution >= 0.6 is 34.3 Å². The van der Waals surface area contributed by atoms with E-state index in [1.165, 1.54) is 18.4 Å². The fourth-order valence-electron chi connectivity index (χ4n) is 2.34. The van der Waals surface area contributed by atoms with Crippen LogP contribution in [0.1, 0.15) is 30.5 Å². The van der Waals surface area contributed by atoms with E-state index in [1.807, 2.05) is 30.3 Å². The Morgan fingerprint density at radius 3 is 2.60 bits per heavy atom. The average molecular weight is 391 g/mol. The lowest BCUT2D eigenvalue weighted by Gasteiger charge is -2.01. The van der Waals surface area contributed by atoms with E-state index < -0.39 is 11.9 Å². The summed E-state index contributed by atoms with van der Waals surface area (Å²) < 4.78 is 5.61. The largest absolute Gasteiger partial charge is 0.465 e. The second-order valence-corrected chi connectivity index (χ2v) is 7.51. The summed E-state index contributed by atoms with van der Waals surface area (Å²) in [7, 11) is 1.27. The van der Waals surface area contributed by atoms with Crippen molar-refractivity contribution in [3.63, 3.8) is 0 Å². The van der Waals surface area contributed by atoms with E-state index in [2.05, 4.69) is 5.32 Å². The van der Waals surface area contributed by atoms with Crippen LogP contribution in [0.4, 0.5) is 5.00 Å². The number of halogens is 1. The maximum atomic E-state index is 12.6. The molecule has 0 fully saturated rings. The predicted molar refractivity (Wildman–Crippen MR) is 99.9 cm³/mol. The molecule has 0 spiro atoms. The summed E-state index contributed by atoms with van der Waals surface area (Å²) in [4.78, 5) is 25.1. The third-order valence-electron chi connectivity index (χ3n) is 3.60. The Morgan fingerprint density at radius 2 is 1.96 bits per heavy atom. The Hall–Kier alpha value is -2.40. The molecule has 0 radical (unpaired) electrons. The van der Waals surface area contributed by atoms with Crippen molar-refractivity contribution in [2.24, 2.45) is 0 Å². The first kappa shape index (κ1) is 17.4. The summed E-state index contributed by atoms with van der Waals surface area (Å²) in [6.45, 7) is 1.64. The highest BCUT2D eigenvalue weighted by Crippen LogP contribution is 2.37. The van der Waals surface area contributed by atoms with Crippen LogP contribution in [-0.4, -0.2) is 19.0 Å². The zero-order valence-electron chi connectivity index (χ0n) is 13.2. The zero-order valence-corrected chi connectivity index (χ0v) is 15.6. The van der Waals surface area contributed by atoms with Crippen LogP contribution in [-0.2, 0) is 4.74 Å². The Kier molecular flexibility index (Phi) is 4.77. The van der Waals surface area contributed by atoms with Crippen molar-refractivity contribution in [2.45, 2.75) is 6.92 Å². The van der Waals surface area contributed by atoms with Crippen molar-refractivity contribution in [1.82, 2.24) is 0 Å². The van der Waals surface area contributed by atoms with E-state index in [0.29, 0.717) is 20.5 Å². The van der Waals surface area contributed by atoms with E-state index in [4.69, 9.17) is 16.3 Å². The van der Waals surface area contributed by atoms with Gasteiger partial charge in [-0.25, -0.2) is 4.79 Å². The number of carbonyl (C=O) groups is 2. The van der Waals surface area contributed by atoms with Gasteiger partial charge in [0.15, 0.2) is 0 Å². The van der Waals surface area contributed by atoms with Crippen molar-refractivity contribution in [3.8, 4) is 6.07 Å². The van der Waals surface area contributed by atoms with Gasteiger partial charge in [-0.2, -0.15) is 5.26 Å². The summed E-state index contributed by atoms with van der Waals surface area (Å²) in [6.07, 6.45) is 0. The number of nitriles is 1. The summed E-state index contributed by atoms with van der Waals surface area (Å²) >= 11 is 8.60. The molecule has 8 heteroatoms. The number of nitrogens with one attached hydrogen (secondary N) is 1. The van der Waals surface area contributed by atoms with Gasteiger partial charge in [0.2, 0.25) is 0 Å². The summed E-state index contributed by atoms with van der Waals surface area (Å²) in [5.41, 5.74) is 0.730. The van der Waals surface area contributed by atoms with Gasteiger partial charge in [0.25, 0.3) is 5.91 Å². The first-order valence-electron chi connectivity index (χ1n) is 7.08. The van der Waals surface area contributed by atoms with Crippen molar-refractivity contribution >= 4 is 61.2 Å². The van der Waals surface area contributed by atoms with Gasteiger partial charge in [-0.3, -0.25) is 4.79 Å². The molecule has 2 heterocycles. The molecule has 0 aliphatic carbocycles. The highest BCUT2D eigenvalue weighted by molar-refractivity contribution is 7.22. The Labute approximate surface area is 156 Å². The van der Waals surface area contributed by atoms with E-state index in [9.17, 15) is 14.9 Å². The fraction of sp³-hybridized carbons (Fsp3) is 0.118. The molecular formula is C17H11ClN2O3S2. The van der Waals surface area contributed by atoms with E-state index in [-0.39, 0.29) is 10.4 Å². The summed E-state index contributed by atoms with van der Waals surface area (Å²) in [5.74, 6) is -0.959. The molecule has 1 amide bonds. The van der Waals surface area contributed by atoms with Crippen molar-refractivity contribution < 1.29 is 14.3 Å². The highest BCUT2D eigenvalue weighted by Gasteiger charge is 2.24. The van der Waals surface area contributed by atoms with E-state index >= 15 is 0 Å². The molecular weight excluding hydrogens is 380 g/mol. The van der Waals surface area contributed by atoms with Crippen LogP contribution in [0.2, 0.25) is 5.02 Å². The molecule has 126 valence electrons. The first-order valence-corrected chi connectivity index (χ1v) is 9.09. The molecule has 0 bridgehead atoms. The van der Waals surface area contributed by atoms with Gasteiger partial charge >= 0.3 is 5.97 Å². The van der Waals surface area contributed by atoms with Gasteiger partial charge in [0.05, 0.1) is 17.7 Å². The number of esters is 1. The number of hydrogen-bond acceptors (Lipinski definition) is 6. The second kappa shape index (κ2) is 6.84. The Balaban J connectivity index is 1.99. The van der Waals surface area contributed by atoms with Gasteiger partial charge in [0, 0.05) is 10.1 Å². The maximum Gasteiger partial charge on any atom is 0.348 e. The summed E-state index contributed by atoms with van der Waals surface area (Å²) in [6, 6.07) is 9.47. The normalized spacial score (nSPS) is 10.5. The topological polar surface area (TPSA) is 79.2 Å². The van der Waals surface area contributed by atoms with E-state index in [1.54, 1.807) is 6.92 Å². The van der Waals surface area contributed by atoms with Gasteiger partial charge in [-0.15, -0.1) is 22.7 Å². The van der Waals surface area contributed by atoms with Gasteiger partial charge in [-0.05, 0) is 18.6 Å². The smallest absolute Gasteiger partial charge is 0.348 e.